The maximum atomic E-state index is 14.0. The molecule has 1 aliphatic rings. The number of carbonyl (C=O) groups is 2. The zero-order valence-electron chi connectivity index (χ0n) is 21.9. The van der Waals surface area contributed by atoms with Gasteiger partial charge in [0.15, 0.2) is 11.6 Å². The molecule has 3 aromatic rings. The van der Waals surface area contributed by atoms with Gasteiger partial charge in [-0.1, -0.05) is 57.1 Å². The van der Waals surface area contributed by atoms with Crippen molar-refractivity contribution >= 4 is 11.8 Å². The number of hydrogen-bond acceptors (Lipinski definition) is 5. The molecule has 1 aromatic carbocycles. The van der Waals surface area contributed by atoms with E-state index < -0.39 is 23.6 Å². The molecule has 198 valence electrons. The van der Waals surface area contributed by atoms with E-state index in [1.165, 1.54) is 6.20 Å². The Hall–Kier alpha value is -3.62. The topological polar surface area (TPSA) is 88.3 Å². The molecule has 1 aliphatic heterocycles. The first-order valence-corrected chi connectivity index (χ1v) is 12.7. The van der Waals surface area contributed by atoms with Crippen LogP contribution in [0, 0.1) is 17.6 Å². The lowest BCUT2D eigenvalue weighted by Gasteiger charge is -2.29. The molecule has 0 radical (unpaired) electrons. The molecule has 0 aliphatic carbocycles. The van der Waals surface area contributed by atoms with Crippen molar-refractivity contribution in [2.24, 2.45) is 5.92 Å². The maximum absolute atomic E-state index is 14.0. The molecule has 3 heterocycles. The molecule has 7 nitrogen and oxygen atoms in total. The lowest BCUT2D eigenvalue weighted by atomic mass is 9.91. The lowest BCUT2D eigenvalue weighted by Crippen LogP contribution is -2.48. The van der Waals surface area contributed by atoms with E-state index in [4.69, 9.17) is 4.52 Å². The summed E-state index contributed by atoms with van der Waals surface area (Å²) < 4.78 is 33.3. The van der Waals surface area contributed by atoms with E-state index in [0.29, 0.717) is 24.3 Å². The van der Waals surface area contributed by atoms with Gasteiger partial charge in [-0.15, -0.1) is 0 Å². The minimum atomic E-state index is -0.741. The van der Waals surface area contributed by atoms with Gasteiger partial charge >= 0.3 is 0 Å². The number of pyridine rings is 1. The van der Waals surface area contributed by atoms with Crippen LogP contribution >= 0.6 is 0 Å². The molecule has 0 bridgehead atoms. The molecule has 0 spiro atoms. The standard InChI is InChI=1S/C26H28F2N4O3.C2H6/c1-15(2)23(22-10-11-30-35-22)26(34)32-12-4-5-21(32)25(33)31-16(3)17-6-8-18(9-7-17)24-19(27)13-29-14-20(24)28;1-2/h6-11,13-16,21,23H,4-5,12H2,1-3H3,(H,31,33);1-2H3. The van der Waals surface area contributed by atoms with Crippen LogP contribution in [-0.2, 0) is 9.59 Å². The number of nitrogens with one attached hydrogen (secondary N) is 1. The van der Waals surface area contributed by atoms with E-state index in [1.807, 2.05) is 34.6 Å². The average molecular weight is 513 g/mol. The summed E-state index contributed by atoms with van der Waals surface area (Å²) in [6.07, 6.45) is 4.75. The van der Waals surface area contributed by atoms with Crippen molar-refractivity contribution in [3.63, 3.8) is 0 Å². The van der Waals surface area contributed by atoms with Crippen LogP contribution in [0.2, 0.25) is 0 Å². The van der Waals surface area contributed by atoms with Crippen molar-refractivity contribution < 1.29 is 22.9 Å². The van der Waals surface area contributed by atoms with Crippen molar-refractivity contribution in [1.82, 2.24) is 20.4 Å². The first kappa shape index (κ1) is 28.0. The van der Waals surface area contributed by atoms with Crippen molar-refractivity contribution in [3.05, 3.63) is 71.9 Å². The van der Waals surface area contributed by atoms with Crippen molar-refractivity contribution in [1.29, 1.82) is 0 Å². The molecule has 2 aromatic heterocycles. The summed E-state index contributed by atoms with van der Waals surface area (Å²) in [4.78, 5) is 31.7. The Bertz CT molecular complexity index is 1160. The average Bonchev–Trinajstić information content (AvgIpc) is 3.58. The van der Waals surface area contributed by atoms with Crippen molar-refractivity contribution in [3.8, 4) is 11.1 Å². The van der Waals surface area contributed by atoms with Gasteiger partial charge in [-0.3, -0.25) is 14.6 Å². The first-order chi connectivity index (χ1) is 17.8. The van der Waals surface area contributed by atoms with Crippen molar-refractivity contribution in [2.45, 2.75) is 65.5 Å². The molecule has 4 rings (SSSR count). The van der Waals surface area contributed by atoms with Crippen LogP contribution in [0.5, 0.6) is 0 Å². The number of rotatable bonds is 7. The number of likely N-dealkylation sites (tertiary alicyclic amines) is 1. The van der Waals surface area contributed by atoms with E-state index in [-0.39, 0.29) is 29.3 Å². The number of benzene rings is 1. The molecule has 1 saturated heterocycles. The Morgan fingerprint density at radius 1 is 1.05 bits per heavy atom. The largest absolute Gasteiger partial charge is 0.361 e. The first-order valence-electron chi connectivity index (χ1n) is 12.7. The Morgan fingerprint density at radius 3 is 2.27 bits per heavy atom. The zero-order chi connectivity index (χ0) is 27.1. The van der Waals surface area contributed by atoms with E-state index in [2.05, 4.69) is 15.5 Å². The summed E-state index contributed by atoms with van der Waals surface area (Å²) >= 11 is 0. The van der Waals surface area contributed by atoms with Crippen LogP contribution in [0.15, 0.2) is 53.4 Å². The number of amides is 2. The van der Waals surface area contributed by atoms with Gasteiger partial charge in [0.25, 0.3) is 0 Å². The number of halogens is 2. The van der Waals surface area contributed by atoms with Gasteiger partial charge in [0.2, 0.25) is 11.8 Å². The summed E-state index contributed by atoms with van der Waals surface area (Å²) in [5.74, 6) is -1.90. The third-order valence-corrected chi connectivity index (χ3v) is 6.45. The van der Waals surface area contributed by atoms with Gasteiger partial charge in [0.05, 0.1) is 30.2 Å². The normalized spacial score (nSPS) is 16.6. The van der Waals surface area contributed by atoms with E-state index >= 15 is 0 Å². The highest BCUT2D eigenvalue weighted by atomic mass is 19.1. The fourth-order valence-corrected chi connectivity index (χ4v) is 4.62. The smallest absolute Gasteiger partial charge is 0.243 e. The highest BCUT2D eigenvalue weighted by Gasteiger charge is 2.40. The third-order valence-electron chi connectivity index (χ3n) is 6.45. The highest BCUT2D eigenvalue weighted by molar-refractivity contribution is 5.91. The quantitative estimate of drug-likeness (QED) is 0.442. The second kappa shape index (κ2) is 12.6. The van der Waals surface area contributed by atoms with Gasteiger partial charge in [-0.2, -0.15) is 0 Å². The van der Waals surface area contributed by atoms with Crippen LogP contribution < -0.4 is 5.32 Å². The Kier molecular flexibility index (Phi) is 9.49. The zero-order valence-corrected chi connectivity index (χ0v) is 21.9. The fraction of sp³-hybridized carbons (Fsp3) is 0.429. The predicted molar refractivity (Wildman–Crippen MR) is 136 cm³/mol. The highest BCUT2D eigenvalue weighted by Crippen LogP contribution is 2.31. The lowest BCUT2D eigenvalue weighted by molar-refractivity contribution is -0.141. The molecule has 9 heteroatoms. The van der Waals surface area contributed by atoms with E-state index in [9.17, 15) is 18.4 Å². The molecule has 1 N–H and O–H groups in total. The minimum Gasteiger partial charge on any atom is -0.361 e. The van der Waals surface area contributed by atoms with E-state index in [1.54, 1.807) is 35.2 Å². The Labute approximate surface area is 216 Å². The third kappa shape index (κ3) is 6.21. The summed E-state index contributed by atoms with van der Waals surface area (Å²) in [6, 6.07) is 7.39. The monoisotopic (exact) mass is 512 g/mol. The number of nitrogens with zero attached hydrogens (tertiary/aromatic N) is 3. The molecular formula is C28H34F2N4O3. The van der Waals surface area contributed by atoms with Gasteiger partial charge in [-0.25, -0.2) is 8.78 Å². The molecule has 37 heavy (non-hydrogen) atoms. The second-order valence-corrected chi connectivity index (χ2v) is 9.16. The molecule has 3 unspecified atom stereocenters. The number of hydrogen-bond donors (Lipinski definition) is 1. The van der Waals surface area contributed by atoms with Crippen LogP contribution in [0.25, 0.3) is 11.1 Å². The fourth-order valence-electron chi connectivity index (χ4n) is 4.62. The molecule has 1 fully saturated rings. The Balaban J connectivity index is 0.00000186. The van der Waals surface area contributed by atoms with Crippen LogP contribution in [-0.4, -0.2) is 39.4 Å². The number of aromatic nitrogens is 2. The van der Waals surface area contributed by atoms with Crippen LogP contribution in [0.4, 0.5) is 8.78 Å². The molecular weight excluding hydrogens is 478 g/mol. The second-order valence-electron chi connectivity index (χ2n) is 9.16. The van der Waals surface area contributed by atoms with E-state index in [0.717, 1.165) is 24.4 Å². The number of carbonyl (C=O) groups excluding carboxylic acids is 2. The SMILES string of the molecule is CC.CC(NC(=O)C1CCCN1C(=O)C(c1ccno1)C(C)C)c1ccc(-c2c(F)cncc2F)cc1. The van der Waals surface area contributed by atoms with Gasteiger partial charge in [-0.05, 0) is 36.8 Å². The molecule has 3 atom stereocenters. The molecule has 0 saturated carbocycles. The summed E-state index contributed by atoms with van der Waals surface area (Å²) in [5, 5.41) is 6.71. The van der Waals surface area contributed by atoms with Crippen LogP contribution in [0.3, 0.4) is 0 Å². The van der Waals surface area contributed by atoms with Gasteiger partial charge in [0, 0.05) is 12.6 Å². The summed E-state index contributed by atoms with van der Waals surface area (Å²) in [6.45, 7) is 10.2. The predicted octanol–water partition coefficient (Wildman–Crippen LogP) is 5.65. The maximum Gasteiger partial charge on any atom is 0.243 e. The van der Waals surface area contributed by atoms with Gasteiger partial charge < -0.3 is 14.7 Å². The van der Waals surface area contributed by atoms with Gasteiger partial charge in [0.1, 0.15) is 17.7 Å². The van der Waals surface area contributed by atoms with Crippen molar-refractivity contribution in [2.75, 3.05) is 6.54 Å². The summed E-state index contributed by atoms with van der Waals surface area (Å²) in [7, 11) is 0. The Morgan fingerprint density at radius 2 is 1.70 bits per heavy atom. The van der Waals surface area contributed by atoms with Crippen LogP contribution in [0.1, 0.15) is 70.7 Å². The molecule has 2 amide bonds. The summed E-state index contributed by atoms with van der Waals surface area (Å²) in [5.41, 5.74) is 1.01. The minimum absolute atomic E-state index is 0.0210.